The zero-order valence-electron chi connectivity index (χ0n) is 15.9. The topological polar surface area (TPSA) is 67.8 Å². The molecule has 1 aromatic carbocycles. The first-order valence-corrected chi connectivity index (χ1v) is 11.0. The van der Waals surface area contributed by atoms with Crippen LogP contribution in [-0.2, 0) is 17.6 Å². The molecule has 3 rings (SSSR count). The van der Waals surface area contributed by atoms with Gasteiger partial charge >= 0.3 is 0 Å². The molecule has 0 bridgehead atoms. The van der Waals surface area contributed by atoms with Gasteiger partial charge in [-0.1, -0.05) is 56.4 Å². The summed E-state index contributed by atoms with van der Waals surface area (Å²) in [6, 6.07) is 8.41. The van der Waals surface area contributed by atoms with Gasteiger partial charge in [0.15, 0.2) is 0 Å². The quantitative estimate of drug-likeness (QED) is 0.556. The lowest BCUT2D eigenvalue weighted by atomic mass is 10.1. The molecule has 0 aliphatic carbocycles. The SMILES string of the molecule is CCc1ccc(-c2nc(CC(=O)Nc3nnc(C(CC)CC)s3)cs2)cc1. The summed E-state index contributed by atoms with van der Waals surface area (Å²) < 4.78 is 0. The van der Waals surface area contributed by atoms with Crippen molar-refractivity contribution in [3.8, 4) is 10.6 Å². The summed E-state index contributed by atoms with van der Waals surface area (Å²) in [7, 11) is 0. The largest absolute Gasteiger partial charge is 0.300 e. The van der Waals surface area contributed by atoms with Crippen molar-refractivity contribution in [2.45, 2.75) is 52.4 Å². The van der Waals surface area contributed by atoms with Gasteiger partial charge < -0.3 is 5.32 Å². The Balaban J connectivity index is 1.60. The molecule has 1 N–H and O–H groups in total. The Morgan fingerprint density at radius 1 is 1.11 bits per heavy atom. The molecule has 0 saturated heterocycles. The van der Waals surface area contributed by atoms with E-state index >= 15 is 0 Å². The van der Waals surface area contributed by atoms with Crippen molar-refractivity contribution >= 4 is 33.7 Å². The molecule has 2 aromatic heterocycles. The summed E-state index contributed by atoms with van der Waals surface area (Å²) in [5, 5.41) is 15.6. The first-order chi connectivity index (χ1) is 13.1. The summed E-state index contributed by atoms with van der Waals surface area (Å²) >= 11 is 3.02. The molecule has 0 aliphatic rings. The van der Waals surface area contributed by atoms with E-state index in [2.05, 4.69) is 65.5 Å². The molecular formula is C20H24N4OS2. The zero-order chi connectivity index (χ0) is 19.2. The van der Waals surface area contributed by atoms with Gasteiger partial charge in [0.25, 0.3) is 0 Å². The third-order valence-corrected chi connectivity index (χ3v) is 6.47. The van der Waals surface area contributed by atoms with E-state index in [1.54, 1.807) is 11.3 Å². The van der Waals surface area contributed by atoms with E-state index in [1.165, 1.54) is 16.9 Å². The monoisotopic (exact) mass is 400 g/mol. The minimum atomic E-state index is -0.111. The first-order valence-electron chi connectivity index (χ1n) is 9.29. The molecule has 3 aromatic rings. The number of thiazole rings is 1. The molecule has 5 nitrogen and oxygen atoms in total. The second-order valence-electron chi connectivity index (χ2n) is 6.38. The zero-order valence-corrected chi connectivity index (χ0v) is 17.5. The lowest BCUT2D eigenvalue weighted by Gasteiger charge is -2.05. The van der Waals surface area contributed by atoms with Gasteiger partial charge in [-0.25, -0.2) is 4.98 Å². The number of nitrogens with one attached hydrogen (secondary N) is 1. The fraction of sp³-hybridized carbons (Fsp3) is 0.400. The molecule has 0 aliphatic heterocycles. The second-order valence-corrected chi connectivity index (χ2v) is 8.25. The van der Waals surface area contributed by atoms with E-state index in [0.717, 1.165) is 40.5 Å². The number of hydrogen-bond acceptors (Lipinski definition) is 6. The molecule has 142 valence electrons. The minimum Gasteiger partial charge on any atom is -0.300 e. The number of benzene rings is 1. The smallest absolute Gasteiger partial charge is 0.232 e. The molecule has 1 amide bonds. The average Bonchev–Trinajstić information content (AvgIpc) is 3.33. The van der Waals surface area contributed by atoms with E-state index in [9.17, 15) is 4.79 Å². The molecule has 27 heavy (non-hydrogen) atoms. The summed E-state index contributed by atoms with van der Waals surface area (Å²) in [5.41, 5.74) is 3.17. The Morgan fingerprint density at radius 3 is 2.52 bits per heavy atom. The van der Waals surface area contributed by atoms with Crippen LogP contribution in [0.15, 0.2) is 29.6 Å². The summed E-state index contributed by atoms with van der Waals surface area (Å²) in [6.45, 7) is 6.42. The number of aryl methyl sites for hydroxylation is 1. The number of anilines is 1. The molecule has 0 fully saturated rings. The van der Waals surface area contributed by atoms with Crippen LogP contribution >= 0.6 is 22.7 Å². The van der Waals surface area contributed by atoms with Crippen molar-refractivity contribution in [3.63, 3.8) is 0 Å². The first kappa shape index (κ1) is 19.6. The van der Waals surface area contributed by atoms with Crippen molar-refractivity contribution in [1.29, 1.82) is 0 Å². The molecule has 0 radical (unpaired) electrons. The van der Waals surface area contributed by atoms with E-state index in [4.69, 9.17) is 0 Å². The summed E-state index contributed by atoms with van der Waals surface area (Å²) in [5.74, 6) is 0.300. The van der Waals surface area contributed by atoms with E-state index in [-0.39, 0.29) is 12.3 Å². The maximum Gasteiger partial charge on any atom is 0.232 e. The Bertz CT molecular complexity index is 882. The van der Waals surface area contributed by atoms with Gasteiger partial charge in [0.1, 0.15) is 10.0 Å². The number of aromatic nitrogens is 3. The lowest BCUT2D eigenvalue weighted by molar-refractivity contribution is -0.115. The predicted molar refractivity (Wildman–Crippen MR) is 112 cm³/mol. The van der Waals surface area contributed by atoms with Crippen LogP contribution in [0.3, 0.4) is 0 Å². The van der Waals surface area contributed by atoms with Gasteiger partial charge in [0.2, 0.25) is 11.0 Å². The number of hydrogen-bond donors (Lipinski definition) is 1. The van der Waals surface area contributed by atoms with E-state index in [0.29, 0.717) is 11.0 Å². The third-order valence-electron chi connectivity index (χ3n) is 4.52. The van der Waals surface area contributed by atoms with Crippen molar-refractivity contribution in [2.75, 3.05) is 5.32 Å². The van der Waals surface area contributed by atoms with Gasteiger partial charge in [0, 0.05) is 16.9 Å². The van der Waals surface area contributed by atoms with Crippen LogP contribution in [0.5, 0.6) is 0 Å². The highest BCUT2D eigenvalue weighted by Crippen LogP contribution is 2.28. The number of carbonyl (C=O) groups excluding carboxylic acids is 1. The molecule has 0 unspecified atom stereocenters. The van der Waals surface area contributed by atoms with Crippen LogP contribution in [0, 0.1) is 0 Å². The molecular weight excluding hydrogens is 376 g/mol. The maximum absolute atomic E-state index is 12.3. The highest BCUT2D eigenvalue weighted by atomic mass is 32.1. The normalized spacial score (nSPS) is 11.1. The fourth-order valence-electron chi connectivity index (χ4n) is 2.82. The number of amides is 1. The maximum atomic E-state index is 12.3. The lowest BCUT2D eigenvalue weighted by Crippen LogP contribution is -2.14. The van der Waals surface area contributed by atoms with Crippen LogP contribution < -0.4 is 5.32 Å². The van der Waals surface area contributed by atoms with Crippen LogP contribution in [0.2, 0.25) is 0 Å². The predicted octanol–water partition coefficient (Wildman–Crippen LogP) is 5.31. The molecule has 2 heterocycles. The standard InChI is InChI=1S/C20H24N4OS2/c1-4-13-7-9-15(10-8-13)18-21-16(12-26-18)11-17(25)22-20-24-23-19(27-20)14(5-2)6-3/h7-10,12,14H,4-6,11H2,1-3H3,(H,22,24,25). The second kappa shape index (κ2) is 9.19. The Kier molecular flexibility index (Phi) is 6.68. The minimum absolute atomic E-state index is 0.111. The van der Waals surface area contributed by atoms with E-state index in [1.807, 2.05) is 5.38 Å². The average molecular weight is 401 g/mol. The molecule has 0 atom stereocenters. The number of nitrogens with zero attached hydrogens (tertiary/aromatic N) is 3. The number of carbonyl (C=O) groups is 1. The van der Waals surface area contributed by atoms with Crippen molar-refractivity contribution in [2.24, 2.45) is 0 Å². The van der Waals surface area contributed by atoms with Crippen molar-refractivity contribution in [1.82, 2.24) is 15.2 Å². The van der Waals surface area contributed by atoms with E-state index < -0.39 is 0 Å². The van der Waals surface area contributed by atoms with Crippen LogP contribution in [0.25, 0.3) is 10.6 Å². The summed E-state index contributed by atoms with van der Waals surface area (Å²) in [4.78, 5) is 16.9. The Hall–Kier alpha value is -2.12. The van der Waals surface area contributed by atoms with Crippen LogP contribution in [0.1, 0.15) is 55.8 Å². The van der Waals surface area contributed by atoms with Crippen molar-refractivity contribution in [3.05, 3.63) is 45.9 Å². The molecule has 0 saturated carbocycles. The van der Waals surface area contributed by atoms with Crippen molar-refractivity contribution < 1.29 is 4.79 Å². The molecule has 7 heteroatoms. The fourth-order valence-corrected chi connectivity index (χ4v) is 4.67. The van der Waals surface area contributed by atoms with Gasteiger partial charge in [0.05, 0.1) is 12.1 Å². The number of rotatable bonds is 8. The van der Waals surface area contributed by atoms with Gasteiger partial charge in [-0.05, 0) is 24.8 Å². The van der Waals surface area contributed by atoms with Gasteiger partial charge in [-0.3, -0.25) is 4.79 Å². The molecule has 0 spiro atoms. The highest BCUT2D eigenvalue weighted by molar-refractivity contribution is 7.15. The Morgan fingerprint density at radius 2 is 1.85 bits per heavy atom. The Labute approximate surface area is 167 Å². The van der Waals surface area contributed by atoms with Crippen LogP contribution in [0.4, 0.5) is 5.13 Å². The highest BCUT2D eigenvalue weighted by Gasteiger charge is 2.15. The summed E-state index contributed by atoms with van der Waals surface area (Å²) in [6.07, 6.45) is 3.32. The third kappa shape index (κ3) is 4.99. The van der Waals surface area contributed by atoms with Crippen LogP contribution in [-0.4, -0.2) is 21.1 Å². The van der Waals surface area contributed by atoms with Gasteiger partial charge in [-0.15, -0.1) is 21.5 Å². The van der Waals surface area contributed by atoms with Gasteiger partial charge in [-0.2, -0.15) is 0 Å².